The Hall–Kier alpha value is -2.82. The molecule has 0 aromatic carbocycles. The highest BCUT2D eigenvalue weighted by Gasteiger charge is 2.28. The molecule has 0 fully saturated rings. The third kappa shape index (κ3) is 41.9. The number of aliphatic carboxylic acids is 1. The maximum atomic E-state index is 12.3. The van der Waals surface area contributed by atoms with Crippen molar-refractivity contribution in [3.63, 3.8) is 0 Å². The highest BCUT2D eigenvalue weighted by Crippen LogP contribution is 2.43. The second-order valence-electron chi connectivity index (χ2n) is 15.6. The molecule has 346 valence electrons. The standard InChI is InChI=1S/C48H84NO10P/c1-3-5-7-9-11-13-15-17-19-20-21-22-23-24-26-27-29-31-33-35-37-39-46(51)49-45(48(53)54)43-59-60(55,56)58-42-44(50)41-57-47(52)40-38-36-34-32-30-28-25-18-16-14-12-10-8-6-4-2/h5,7,11,13,17,19,21-22,24,26,44-45,50H,3-4,6,8-10,12,14-16,18,20,23,25,27-43H2,1-2H3,(H,49,51)(H,53,54)(H,55,56)/b7-5-,13-11-,19-17-,22-21-,26-24-. The molecule has 60 heavy (non-hydrogen) atoms. The van der Waals surface area contributed by atoms with Gasteiger partial charge in [0.25, 0.3) is 0 Å². The van der Waals surface area contributed by atoms with Crippen molar-refractivity contribution in [2.75, 3.05) is 19.8 Å². The molecule has 0 bridgehead atoms. The van der Waals surface area contributed by atoms with E-state index in [9.17, 15) is 34.1 Å². The van der Waals surface area contributed by atoms with Gasteiger partial charge < -0.3 is 25.2 Å². The number of carboxylic acids is 1. The molecule has 0 aliphatic heterocycles. The molecule has 0 aliphatic carbocycles. The number of phosphoric ester groups is 1. The predicted molar refractivity (Wildman–Crippen MR) is 245 cm³/mol. The zero-order chi connectivity index (χ0) is 44.2. The summed E-state index contributed by atoms with van der Waals surface area (Å²) in [5.41, 5.74) is 0. The normalized spacial score (nSPS) is 14.2. The number of aliphatic hydroxyl groups is 1. The summed E-state index contributed by atoms with van der Waals surface area (Å²) in [7, 11) is -4.77. The second-order valence-corrected chi connectivity index (χ2v) is 17.0. The number of esters is 1. The number of carboxylic acid groups (broad SMARTS) is 1. The van der Waals surface area contributed by atoms with Crippen LogP contribution in [0, 0.1) is 0 Å². The van der Waals surface area contributed by atoms with Crippen LogP contribution in [-0.4, -0.2) is 64.9 Å². The van der Waals surface area contributed by atoms with Gasteiger partial charge in [0, 0.05) is 12.8 Å². The SMILES string of the molecule is CC/C=C\C/C=C\C/C=C\C/C=C\C/C=C\CCCCCCCC(=O)NC(COP(=O)(O)OCC(O)COC(=O)CCCCCCCCCCCCCCCCC)C(=O)O. The molecule has 0 heterocycles. The molecule has 0 radical (unpaired) electrons. The Labute approximate surface area is 364 Å². The number of carbonyl (C=O) groups is 3. The lowest BCUT2D eigenvalue weighted by atomic mass is 10.0. The summed E-state index contributed by atoms with van der Waals surface area (Å²) in [6.07, 6.45) is 49.5. The fourth-order valence-electron chi connectivity index (χ4n) is 6.22. The van der Waals surface area contributed by atoms with Crippen molar-refractivity contribution < 1.29 is 47.8 Å². The van der Waals surface area contributed by atoms with Crippen LogP contribution < -0.4 is 5.32 Å². The van der Waals surface area contributed by atoms with Gasteiger partial charge in [0.2, 0.25) is 5.91 Å². The van der Waals surface area contributed by atoms with Crippen LogP contribution in [0.1, 0.15) is 194 Å². The molecule has 0 aliphatic rings. The Bertz CT molecular complexity index is 1250. The number of carbonyl (C=O) groups excluding carboxylic acids is 2. The van der Waals surface area contributed by atoms with Gasteiger partial charge in [-0.1, -0.05) is 184 Å². The van der Waals surface area contributed by atoms with E-state index in [1.165, 1.54) is 70.6 Å². The van der Waals surface area contributed by atoms with Crippen LogP contribution in [0.25, 0.3) is 0 Å². The van der Waals surface area contributed by atoms with Crippen molar-refractivity contribution in [1.29, 1.82) is 0 Å². The van der Waals surface area contributed by atoms with Gasteiger partial charge in [-0.3, -0.25) is 18.6 Å². The highest BCUT2D eigenvalue weighted by atomic mass is 31.2. The summed E-state index contributed by atoms with van der Waals surface area (Å²) in [5.74, 6) is -2.40. The lowest BCUT2D eigenvalue weighted by molar-refractivity contribution is -0.147. The first-order chi connectivity index (χ1) is 29.1. The first-order valence-corrected chi connectivity index (χ1v) is 24.8. The first kappa shape index (κ1) is 57.2. The fraction of sp³-hybridized carbons (Fsp3) is 0.729. The van der Waals surface area contributed by atoms with Gasteiger partial charge in [-0.2, -0.15) is 0 Å². The van der Waals surface area contributed by atoms with Crippen LogP contribution >= 0.6 is 7.82 Å². The van der Waals surface area contributed by atoms with Crippen molar-refractivity contribution in [2.45, 2.75) is 206 Å². The second kappa shape index (κ2) is 42.9. The number of amides is 1. The summed E-state index contributed by atoms with van der Waals surface area (Å²) in [6.45, 7) is 2.48. The lowest BCUT2D eigenvalue weighted by Crippen LogP contribution is -2.43. The number of ether oxygens (including phenoxy) is 1. The fourth-order valence-corrected chi connectivity index (χ4v) is 7.00. The van der Waals surface area contributed by atoms with Crippen LogP contribution in [-0.2, 0) is 32.7 Å². The van der Waals surface area contributed by atoms with Crippen LogP contribution in [0.5, 0.6) is 0 Å². The van der Waals surface area contributed by atoms with Gasteiger partial charge in [-0.25, -0.2) is 9.36 Å². The number of allylic oxidation sites excluding steroid dienone is 10. The Kier molecular flexibility index (Phi) is 40.8. The Morgan fingerprint density at radius 1 is 0.550 bits per heavy atom. The molecule has 0 saturated heterocycles. The molecule has 1 amide bonds. The van der Waals surface area contributed by atoms with E-state index in [0.717, 1.165) is 83.5 Å². The third-order valence-electron chi connectivity index (χ3n) is 9.82. The van der Waals surface area contributed by atoms with E-state index in [0.29, 0.717) is 12.8 Å². The molecule has 11 nitrogen and oxygen atoms in total. The number of unbranched alkanes of at least 4 members (excludes halogenated alkanes) is 19. The van der Waals surface area contributed by atoms with E-state index < -0.39 is 57.6 Å². The number of hydrogen-bond donors (Lipinski definition) is 4. The van der Waals surface area contributed by atoms with E-state index >= 15 is 0 Å². The van der Waals surface area contributed by atoms with Crippen molar-refractivity contribution >= 4 is 25.7 Å². The molecule has 0 spiro atoms. The predicted octanol–water partition coefficient (Wildman–Crippen LogP) is 12.3. The van der Waals surface area contributed by atoms with Gasteiger partial charge in [0.15, 0.2) is 6.04 Å². The lowest BCUT2D eigenvalue weighted by Gasteiger charge is -2.18. The van der Waals surface area contributed by atoms with Crippen LogP contribution in [0.3, 0.4) is 0 Å². The summed E-state index contributed by atoms with van der Waals surface area (Å²) in [4.78, 5) is 46.0. The molecular formula is C48H84NO10P. The molecule has 4 N–H and O–H groups in total. The average Bonchev–Trinajstić information content (AvgIpc) is 3.22. The van der Waals surface area contributed by atoms with E-state index in [1.807, 2.05) is 0 Å². The van der Waals surface area contributed by atoms with Gasteiger partial charge in [0.1, 0.15) is 12.7 Å². The van der Waals surface area contributed by atoms with E-state index in [4.69, 9.17) is 13.8 Å². The van der Waals surface area contributed by atoms with Crippen molar-refractivity contribution in [3.05, 3.63) is 60.8 Å². The van der Waals surface area contributed by atoms with E-state index in [1.54, 1.807) is 0 Å². The number of aliphatic hydroxyl groups excluding tert-OH is 1. The Morgan fingerprint density at radius 2 is 0.967 bits per heavy atom. The van der Waals surface area contributed by atoms with Crippen molar-refractivity contribution in [2.24, 2.45) is 0 Å². The molecule has 12 heteroatoms. The minimum Gasteiger partial charge on any atom is -0.480 e. The first-order valence-electron chi connectivity index (χ1n) is 23.3. The molecule has 3 atom stereocenters. The molecule has 0 aromatic heterocycles. The molecule has 0 aromatic rings. The van der Waals surface area contributed by atoms with Crippen molar-refractivity contribution in [3.8, 4) is 0 Å². The minimum absolute atomic E-state index is 0.121. The summed E-state index contributed by atoms with van der Waals surface area (Å²) >= 11 is 0. The molecule has 0 saturated carbocycles. The Balaban J connectivity index is 3.92. The van der Waals surface area contributed by atoms with Crippen LogP contribution in [0.2, 0.25) is 0 Å². The number of phosphoric acid groups is 1. The van der Waals surface area contributed by atoms with Crippen LogP contribution in [0.4, 0.5) is 0 Å². The molecular weight excluding hydrogens is 781 g/mol. The van der Waals surface area contributed by atoms with E-state index in [-0.39, 0.29) is 12.8 Å². The average molecular weight is 866 g/mol. The minimum atomic E-state index is -4.77. The number of nitrogens with one attached hydrogen (secondary N) is 1. The summed E-state index contributed by atoms with van der Waals surface area (Å²) in [6, 6.07) is -1.56. The van der Waals surface area contributed by atoms with Gasteiger partial charge in [0.05, 0.1) is 13.2 Å². The quantitative estimate of drug-likeness (QED) is 0.0200. The Morgan fingerprint density at radius 3 is 1.45 bits per heavy atom. The van der Waals surface area contributed by atoms with Crippen LogP contribution in [0.15, 0.2) is 60.8 Å². The maximum absolute atomic E-state index is 12.3. The zero-order valence-electron chi connectivity index (χ0n) is 37.5. The summed E-state index contributed by atoms with van der Waals surface area (Å²) in [5, 5.41) is 21.9. The zero-order valence-corrected chi connectivity index (χ0v) is 38.4. The number of rotatable bonds is 43. The molecule has 3 unspecified atom stereocenters. The van der Waals surface area contributed by atoms with Gasteiger partial charge in [-0.15, -0.1) is 0 Å². The third-order valence-corrected chi connectivity index (χ3v) is 10.8. The summed E-state index contributed by atoms with van der Waals surface area (Å²) < 4.78 is 26.9. The molecule has 0 rings (SSSR count). The highest BCUT2D eigenvalue weighted by molar-refractivity contribution is 7.47. The maximum Gasteiger partial charge on any atom is 0.472 e. The van der Waals surface area contributed by atoms with Crippen molar-refractivity contribution in [1.82, 2.24) is 5.32 Å². The van der Waals surface area contributed by atoms with Gasteiger partial charge in [-0.05, 0) is 57.8 Å². The van der Waals surface area contributed by atoms with Gasteiger partial charge >= 0.3 is 19.8 Å². The smallest absolute Gasteiger partial charge is 0.472 e. The monoisotopic (exact) mass is 866 g/mol. The number of hydrogen-bond acceptors (Lipinski definition) is 8. The largest absolute Gasteiger partial charge is 0.480 e. The van der Waals surface area contributed by atoms with E-state index in [2.05, 4.69) is 79.9 Å². The topological polar surface area (TPSA) is 169 Å².